The van der Waals surface area contributed by atoms with Gasteiger partial charge in [0.15, 0.2) is 0 Å². The molecule has 0 aromatic heterocycles. The van der Waals surface area contributed by atoms with Gasteiger partial charge < -0.3 is 0 Å². The van der Waals surface area contributed by atoms with Gasteiger partial charge in [0.2, 0.25) is 0 Å². The van der Waals surface area contributed by atoms with E-state index in [-0.39, 0.29) is 12.1 Å². The van der Waals surface area contributed by atoms with Crippen LogP contribution in [0.15, 0.2) is 12.1 Å². The molecule has 0 atom stereocenters. The van der Waals surface area contributed by atoms with Gasteiger partial charge in [-0.15, -0.1) is 0 Å². The van der Waals surface area contributed by atoms with Crippen LogP contribution in [0.5, 0.6) is 0 Å². The van der Waals surface area contributed by atoms with E-state index in [0.717, 1.165) is 0 Å². The summed E-state index contributed by atoms with van der Waals surface area (Å²) < 4.78 is 113. The Morgan fingerprint density at radius 1 is 1.13 bits per heavy atom. The Labute approximate surface area is 131 Å². The molecule has 1 aromatic rings. The minimum atomic E-state index is -6.03. The number of hydrogen-bond donors (Lipinski definition) is 0. The van der Waals surface area contributed by atoms with Crippen molar-refractivity contribution in [2.45, 2.75) is 24.9 Å². The number of fused-ring (bicyclic) bond motifs is 1. The molecule has 3 nitrogen and oxygen atoms in total. The van der Waals surface area contributed by atoms with Crippen LogP contribution in [-0.4, -0.2) is 18.3 Å². The van der Waals surface area contributed by atoms with Crippen molar-refractivity contribution < 1.29 is 46.1 Å². The first-order chi connectivity index (χ1) is 10.3. The SMILES string of the molecule is CC(=O)OI1OC(C(F)(F)F)(C(F)(F)F)c2ccc(F)c(F)c21. The van der Waals surface area contributed by atoms with Gasteiger partial charge in [-0.1, -0.05) is 0 Å². The van der Waals surface area contributed by atoms with Crippen LogP contribution in [0.4, 0.5) is 35.1 Å². The summed E-state index contributed by atoms with van der Waals surface area (Å²) in [7, 11) is 0. The second kappa shape index (κ2) is 5.43. The Morgan fingerprint density at radius 3 is 2.09 bits per heavy atom. The van der Waals surface area contributed by atoms with Gasteiger partial charge in [0.05, 0.1) is 0 Å². The summed E-state index contributed by atoms with van der Waals surface area (Å²) in [5, 5.41) is 0. The van der Waals surface area contributed by atoms with Crippen molar-refractivity contribution in [3.8, 4) is 0 Å². The fourth-order valence-electron chi connectivity index (χ4n) is 1.84. The number of carbonyl (C=O) groups is 1. The third-order valence-corrected chi connectivity index (χ3v) is 6.75. The molecule has 2 rings (SSSR count). The average Bonchev–Trinajstić information content (AvgIpc) is 2.68. The fraction of sp³-hybridized carbons (Fsp3) is 0.364. The molecule has 1 aromatic carbocycles. The molecule has 0 spiro atoms. The third-order valence-electron chi connectivity index (χ3n) is 2.73. The van der Waals surface area contributed by atoms with Crippen LogP contribution in [0.1, 0.15) is 12.5 Å². The van der Waals surface area contributed by atoms with Crippen LogP contribution in [0.25, 0.3) is 0 Å². The van der Waals surface area contributed by atoms with Crippen molar-refractivity contribution in [1.29, 1.82) is 0 Å². The molecule has 0 aliphatic carbocycles. The molecule has 0 saturated carbocycles. The molecule has 0 fully saturated rings. The van der Waals surface area contributed by atoms with Gasteiger partial charge in [-0.3, -0.25) is 0 Å². The average molecular weight is 464 g/mol. The standard InChI is InChI=1S/C11H5F8IO3/c1-4(21)22-20-8-5(2-3-6(12)7(8)13)9(23-20,10(14,15)16)11(17,18)19/h2-3H,1H3. The number of carbonyl (C=O) groups excluding carboxylic acids is 1. The quantitative estimate of drug-likeness (QED) is 0.352. The summed E-state index contributed by atoms with van der Waals surface area (Å²) in [5.74, 6) is -4.91. The molecule has 1 aliphatic heterocycles. The third kappa shape index (κ3) is 2.64. The zero-order valence-corrected chi connectivity index (χ0v) is 12.9. The number of alkyl halides is 6. The molecular weight excluding hydrogens is 459 g/mol. The molecule has 0 amide bonds. The Kier molecular flexibility index (Phi) is 4.29. The summed E-state index contributed by atoms with van der Waals surface area (Å²) in [6, 6.07) is 0.257. The van der Waals surface area contributed by atoms with Gasteiger partial charge >= 0.3 is 130 Å². The molecule has 0 bridgehead atoms. The Morgan fingerprint density at radius 2 is 1.65 bits per heavy atom. The van der Waals surface area contributed by atoms with E-state index in [4.69, 9.17) is 0 Å². The van der Waals surface area contributed by atoms with Gasteiger partial charge in [0, 0.05) is 0 Å². The first-order valence-electron chi connectivity index (χ1n) is 5.53. The minimum absolute atomic E-state index is 0.122. The molecule has 0 radical (unpaired) electrons. The molecule has 1 heterocycles. The zero-order chi connectivity index (χ0) is 17.8. The Balaban J connectivity index is 2.81. The van der Waals surface area contributed by atoms with E-state index >= 15 is 0 Å². The van der Waals surface area contributed by atoms with Crippen LogP contribution in [-0.2, 0) is 16.5 Å². The monoisotopic (exact) mass is 464 g/mol. The van der Waals surface area contributed by atoms with Crippen molar-refractivity contribution in [3.63, 3.8) is 0 Å². The van der Waals surface area contributed by atoms with Crippen LogP contribution in [0, 0.1) is 15.2 Å². The van der Waals surface area contributed by atoms with E-state index in [9.17, 15) is 39.9 Å². The summed E-state index contributed by atoms with van der Waals surface area (Å²) in [6.45, 7) is 0.693. The molecule has 130 valence electrons. The van der Waals surface area contributed by atoms with E-state index in [1.165, 1.54) is 0 Å². The predicted octanol–water partition coefficient (Wildman–Crippen LogP) is 4.38. The summed E-state index contributed by atoms with van der Waals surface area (Å²) in [4.78, 5) is 10.9. The second-order valence-corrected chi connectivity index (χ2v) is 7.46. The van der Waals surface area contributed by atoms with Gasteiger partial charge in [0.25, 0.3) is 0 Å². The Hall–Kier alpha value is -1.18. The van der Waals surface area contributed by atoms with Crippen LogP contribution >= 0.6 is 20.6 Å². The summed E-state index contributed by atoms with van der Waals surface area (Å²) in [5.41, 5.74) is -6.52. The van der Waals surface area contributed by atoms with Gasteiger partial charge in [0.1, 0.15) is 0 Å². The summed E-state index contributed by atoms with van der Waals surface area (Å²) >= 11 is -4.54. The predicted molar refractivity (Wildman–Crippen MR) is 65.7 cm³/mol. The van der Waals surface area contributed by atoms with Crippen molar-refractivity contribution in [3.05, 3.63) is 32.9 Å². The maximum atomic E-state index is 13.8. The van der Waals surface area contributed by atoms with Gasteiger partial charge in [-0.25, -0.2) is 0 Å². The molecule has 0 N–H and O–H groups in total. The first kappa shape index (κ1) is 18.2. The van der Waals surface area contributed by atoms with Crippen molar-refractivity contribution in [2.24, 2.45) is 0 Å². The van der Waals surface area contributed by atoms with E-state index in [2.05, 4.69) is 6.13 Å². The van der Waals surface area contributed by atoms with Crippen LogP contribution in [0.2, 0.25) is 0 Å². The van der Waals surface area contributed by atoms with Gasteiger partial charge in [-0.2, -0.15) is 0 Å². The fourth-order valence-corrected chi connectivity index (χ4v) is 5.95. The Bertz CT molecular complexity index is 640. The van der Waals surface area contributed by atoms with Crippen LogP contribution in [0.3, 0.4) is 0 Å². The zero-order valence-electron chi connectivity index (χ0n) is 10.8. The second-order valence-electron chi connectivity index (χ2n) is 4.26. The normalized spacial score (nSPS) is 18.7. The number of rotatable bonds is 1. The van der Waals surface area contributed by atoms with E-state index in [0.29, 0.717) is 6.92 Å². The molecule has 0 unspecified atom stereocenters. The molecule has 12 heteroatoms. The summed E-state index contributed by atoms with van der Waals surface area (Å²) in [6.07, 6.45) is -12.1. The number of hydrogen-bond acceptors (Lipinski definition) is 3. The van der Waals surface area contributed by atoms with E-state index in [1.807, 2.05) is 0 Å². The molecular formula is C11H5F8IO3. The maximum absolute atomic E-state index is 13.8. The molecule has 0 saturated heterocycles. The number of halogens is 9. The van der Waals surface area contributed by atoms with Crippen molar-refractivity contribution in [2.75, 3.05) is 0 Å². The van der Waals surface area contributed by atoms with Gasteiger partial charge in [-0.05, 0) is 0 Å². The van der Waals surface area contributed by atoms with Crippen molar-refractivity contribution in [1.82, 2.24) is 0 Å². The topological polar surface area (TPSA) is 35.5 Å². The van der Waals surface area contributed by atoms with E-state index in [1.54, 1.807) is 0 Å². The van der Waals surface area contributed by atoms with Crippen LogP contribution < -0.4 is 0 Å². The molecule has 1 aliphatic rings. The van der Waals surface area contributed by atoms with Crippen molar-refractivity contribution >= 4 is 26.6 Å². The first-order valence-corrected chi connectivity index (χ1v) is 8.37. The molecule has 23 heavy (non-hydrogen) atoms. The van der Waals surface area contributed by atoms with E-state index < -0.39 is 65.3 Å². The number of benzene rings is 1.